The summed E-state index contributed by atoms with van der Waals surface area (Å²) in [6.07, 6.45) is 0. The lowest BCUT2D eigenvalue weighted by Gasteiger charge is -2.16. The van der Waals surface area contributed by atoms with Gasteiger partial charge in [0.05, 0.1) is 14.2 Å². The number of aryl methyl sites for hydroxylation is 1. The number of methoxy groups -OCH3 is 2. The van der Waals surface area contributed by atoms with Gasteiger partial charge in [0.2, 0.25) is 0 Å². The molecule has 0 fully saturated rings. The number of hydrogen-bond acceptors (Lipinski definition) is 4. The fourth-order valence-electron chi connectivity index (χ4n) is 2.84. The quantitative estimate of drug-likeness (QED) is 0.749. The Morgan fingerprint density at radius 2 is 1.38 bits per heavy atom. The van der Waals surface area contributed by atoms with Gasteiger partial charge in [-0.3, -0.25) is 9.36 Å². The summed E-state index contributed by atoms with van der Waals surface area (Å²) in [5.41, 5.74) is 3.96. The van der Waals surface area contributed by atoms with E-state index in [0.29, 0.717) is 5.56 Å². The lowest BCUT2D eigenvalue weighted by molar-refractivity contribution is 0.414. The van der Waals surface area contributed by atoms with Crippen molar-refractivity contribution in [3.63, 3.8) is 0 Å². The van der Waals surface area contributed by atoms with Crippen LogP contribution in [-0.4, -0.2) is 18.8 Å². The van der Waals surface area contributed by atoms with E-state index in [-0.39, 0.29) is 5.56 Å². The minimum Gasteiger partial charge on any atom is -0.497 e. The molecule has 3 aromatic rings. The molecule has 2 aromatic carbocycles. The summed E-state index contributed by atoms with van der Waals surface area (Å²) >= 11 is 0. The second kappa shape index (κ2) is 7.35. The summed E-state index contributed by atoms with van der Waals surface area (Å²) in [4.78, 5) is 12.9. The number of ether oxygens (including phenoxy) is 2. The highest BCUT2D eigenvalue weighted by molar-refractivity contribution is 5.64. The standard InChI is InChI=1S/C21H22N2O3/c1-14-13-20(22-16-5-9-18(25-3)10-6-16)15(2)21(24)23(14)17-7-11-19(26-4)12-8-17/h5-13,22H,1-4H3. The maximum Gasteiger partial charge on any atom is 0.260 e. The number of anilines is 2. The highest BCUT2D eigenvalue weighted by Gasteiger charge is 2.11. The Hall–Kier alpha value is -3.21. The molecule has 0 aliphatic heterocycles. The molecule has 0 radical (unpaired) electrons. The lowest BCUT2D eigenvalue weighted by atomic mass is 10.1. The molecule has 0 amide bonds. The number of benzene rings is 2. The van der Waals surface area contributed by atoms with Crippen LogP contribution >= 0.6 is 0 Å². The van der Waals surface area contributed by atoms with Crippen molar-refractivity contribution < 1.29 is 9.47 Å². The van der Waals surface area contributed by atoms with Crippen LogP contribution < -0.4 is 20.3 Å². The molecule has 5 nitrogen and oxygen atoms in total. The average molecular weight is 350 g/mol. The van der Waals surface area contributed by atoms with Gasteiger partial charge in [-0.05, 0) is 68.4 Å². The van der Waals surface area contributed by atoms with Gasteiger partial charge in [0.1, 0.15) is 11.5 Å². The van der Waals surface area contributed by atoms with Crippen LogP contribution in [0.25, 0.3) is 5.69 Å². The van der Waals surface area contributed by atoms with E-state index < -0.39 is 0 Å². The summed E-state index contributed by atoms with van der Waals surface area (Å²) < 4.78 is 12.1. The fourth-order valence-corrected chi connectivity index (χ4v) is 2.84. The SMILES string of the molecule is COc1ccc(Nc2cc(C)n(-c3ccc(OC)cc3)c(=O)c2C)cc1. The Morgan fingerprint density at radius 3 is 1.92 bits per heavy atom. The Bertz CT molecular complexity index is 958. The number of nitrogens with zero attached hydrogens (tertiary/aromatic N) is 1. The third kappa shape index (κ3) is 3.42. The van der Waals surface area contributed by atoms with Gasteiger partial charge >= 0.3 is 0 Å². The molecule has 0 unspecified atom stereocenters. The molecule has 1 aromatic heterocycles. The minimum absolute atomic E-state index is 0.0498. The molecule has 5 heteroatoms. The Balaban J connectivity index is 1.97. The molecule has 1 heterocycles. The van der Waals surface area contributed by atoms with E-state index in [2.05, 4.69) is 5.32 Å². The van der Waals surface area contributed by atoms with Gasteiger partial charge in [-0.1, -0.05) is 0 Å². The van der Waals surface area contributed by atoms with Crippen molar-refractivity contribution in [2.24, 2.45) is 0 Å². The maximum atomic E-state index is 12.9. The number of aromatic nitrogens is 1. The Labute approximate surface area is 152 Å². The molecule has 3 rings (SSSR count). The fraction of sp³-hybridized carbons (Fsp3) is 0.190. The lowest BCUT2D eigenvalue weighted by Crippen LogP contribution is -2.23. The van der Waals surface area contributed by atoms with Crippen LogP contribution in [0.4, 0.5) is 11.4 Å². The van der Waals surface area contributed by atoms with Crippen molar-refractivity contribution in [2.45, 2.75) is 13.8 Å². The van der Waals surface area contributed by atoms with Crippen LogP contribution in [0, 0.1) is 13.8 Å². The first-order valence-corrected chi connectivity index (χ1v) is 8.32. The highest BCUT2D eigenvalue weighted by atomic mass is 16.5. The normalized spacial score (nSPS) is 10.5. The van der Waals surface area contributed by atoms with Gasteiger partial charge in [-0.2, -0.15) is 0 Å². The molecule has 0 aliphatic rings. The zero-order valence-electron chi connectivity index (χ0n) is 15.4. The molecular weight excluding hydrogens is 328 g/mol. The van der Waals surface area contributed by atoms with E-state index in [1.807, 2.05) is 68.4 Å². The Morgan fingerprint density at radius 1 is 0.846 bits per heavy atom. The van der Waals surface area contributed by atoms with Crippen molar-refractivity contribution in [3.8, 4) is 17.2 Å². The largest absolute Gasteiger partial charge is 0.497 e. The zero-order chi connectivity index (χ0) is 18.7. The smallest absolute Gasteiger partial charge is 0.260 e. The third-order valence-electron chi connectivity index (χ3n) is 4.33. The molecule has 0 atom stereocenters. The van der Waals surface area contributed by atoms with Crippen LogP contribution in [-0.2, 0) is 0 Å². The predicted molar refractivity (Wildman–Crippen MR) is 104 cm³/mol. The second-order valence-electron chi connectivity index (χ2n) is 6.02. The van der Waals surface area contributed by atoms with Gasteiger partial charge in [-0.15, -0.1) is 0 Å². The van der Waals surface area contributed by atoms with Crippen molar-refractivity contribution in [2.75, 3.05) is 19.5 Å². The highest BCUT2D eigenvalue weighted by Crippen LogP contribution is 2.23. The van der Waals surface area contributed by atoms with E-state index in [1.54, 1.807) is 18.8 Å². The molecule has 26 heavy (non-hydrogen) atoms. The molecule has 134 valence electrons. The number of rotatable bonds is 5. The van der Waals surface area contributed by atoms with Crippen LogP contribution in [0.5, 0.6) is 11.5 Å². The third-order valence-corrected chi connectivity index (χ3v) is 4.33. The van der Waals surface area contributed by atoms with Crippen molar-refractivity contribution in [3.05, 3.63) is 76.2 Å². The molecule has 0 spiro atoms. The van der Waals surface area contributed by atoms with Gasteiger partial charge < -0.3 is 14.8 Å². The number of hydrogen-bond donors (Lipinski definition) is 1. The average Bonchev–Trinajstić information content (AvgIpc) is 2.67. The molecule has 0 saturated carbocycles. The van der Waals surface area contributed by atoms with E-state index in [1.165, 1.54) is 0 Å². The van der Waals surface area contributed by atoms with Gasteiger partial charge in [0.25, 0.3) is 5.56 Å². The van der Waals surface area contributed by atoms with Gasteiger partial charge in [0, 0.05) is 28.3 Å². The number of pyridine rings is 1. The van der Waals surface area contributed by atoms with Gasteiger partial charge in [-0.25, -0.2) is 0 Å². The number of nitrogens with one attached hydrogen (secondary N) is 1. The van der Waals surface area contributed by atoms with Crippen molar-refractivity contribution >= 4 is 11.4 Å². The predicted octanol–water partition coefficient (Wildman–Crippen LogP) is 4.22. The summed E-state index contributed by atoms with van der Waals surface area (Å²) in [5, 5.41) is 3.31. The van der Waals surface area contributed by atoms with E-state index in [0.717, 1.165) is 34.3 Å². The van der Waals surface area contributed by atoms with Gasteiger partial charge in [0.15, 0.2) is 0 Å². The maximum absolute atomic E-state index is 12.9. The van der Waals surface area contributed by atoms with E-state index in [4.69, 9.17) is 9.47 Å². The van der Waals surface area contributed by atoms with Crippen LogP contribution in [0.1, 0.15) is 11.3 Å². The first-order chi connectivity index (χ1) is 12.5. The topological polar surface area (TPSA) is 52.5 Å². The molecule has 0 bridgehead atoms. The summed E-state index contributed by atoms with van der Waals surface area (Å²) in [6.45, 7) is 3.75. The van der Waals surface area contributed by atoms with E-state index >= 15 is 0 Å². The summed E-state index contributed by atoms with van der Waals surface area (Å²) in [6, 6.07) is 17.0. The van der Waals surface area contributed by atoms with E-state index in [9.17, 15) is 4.79 Å². The monoisotopic (exact) mass is 350 g/mol. The first kappa shape index (κ1) is 17.6. The zero-order valence-corrected chi connectivity index (χ0v) is 15.4. The summed E-state index contributed by atoms with van der Waals surface area (Å²) in [7, 11) is 3.25. The summed E-state index contributed by atoms with van der Waals surface area (Å²) in [5.74, 6) is 1.55. The minimum atomic E-state index is -0.0498. The molecule has 1 N–H and O–H groups in total. The molecule has 0 saturated heterocycles. The van der Waals surface area contributed by atoms with Crippen LogP contribution in [0.2, 0.25) is 0 Å². The first-order valence-electron chi connectivity index (χ1n) is 8.32. The second-order valence-corrected chi connectivity index (χ2v) is 6.02. The van der Waals surface area contributed by atoms with Crippen LogP contribution in [0.3, 0.4) is 0 Å². The molecular formula is C21H22N2O3. The van der Waals surface area contributed by atoms with Crippen molar-refractivity contribution in [1.82, 2.24) is 4.57 Å². The van der Waals surface area contributed by atoms with Crippen molar-refractivity contribution in [1.29, 1.82) is 0 Å². The van der Waals surface area contributed by atoms with Crippen LogP contribution in [0.15, 0.2) is 59.4 Å². The Kier molecular flexibility index (Phi) is 4.98. The molecule has 0 aliphatic carbocycles.